The number of primary amides is 1. The van der Waals surface area contributed by atoms with E-state index in [4.69, 9.17) is 17.2 Å². The SMILES string of the molecule is NC(=O)C(=O)c1c[nH]c2ccc([N+](=O)[O-])cc12.NCCc1c[nH]c2ccc(N)cc12.[U].[V]. The summed E-state index contributed by atoms with van der Waals surface area (Å²) >= 11 is 0. The number of nitrogens with two attached hydrogens (primary N) is 3. The summed E-state index contributed by atoms with van der Waals surface area (Å²) in [7, 11) is 0. The molecule has 4 aromatic rings. The maximum absolute atomic E-state index is 11.4. The van der Waals surface area contributed by atoms with Crippen LogP contribution >= 0.6 is 0 Å². The van der Waals surface area contributed by atoms with Gasteiger partial charge in [-0.3, -0.25) is 19.7 Å². The number of carbonyl (C=O) groups excluding carboxylic acids is 2. The van der Waals surface area contributed by atoms with Crippen molar-refractivity contribution in [3.05, 3.63) is 70.0 Å². The van der Waals surface area contributed by atoms with Crippen molar-refractivity contribution >= 4 is 44.9 Å². The van der Waals surface area contributed by atoms with Crippen LogP contribution in [0.15, 0.2) is 48.8 Å². The van der Waals surface area contributed by atoms with Crippen molar-refractivity contribution in [2.75, 3.05) is 12.3 Å². The zero-order valence-electron chi connectivity index (χ0n) is 16.8. The monoisotopic (exact) mass is 697 g/mol. The number of nitrogens with one attached hydrogen (secondary N) is 2. The molecule has 0 spiro atoms. The summed E-state index contributed by atoms with van der Waals surface area (Å²) in [6, 6.07) is 9.86. The molecule has 12 heteroatoms. The van der Waals surface area contributed by atoms with Gasteiger partial charge >= 0.3 is 0 Å². The van der Waals surface area contributed by atoms with Crippen molar-refractivity contribution in [3.63, 3.8) is 0 Å². The predicted octanol–water partition coefficient (Wildman–Crippen LogP) is 1.99. The number of nitrogens with zero attached hydrogens (tertiary/aromatic N) is 1. The third-order valence-corrected chi connectivity index (χ3v) is 4.55. The molecule has 0 saturated heterocycles. The van der Waals surface area contributed by atoms with Crippen molar-refractivity contribution in [2.45, 2.75) is 6.42 Å². The second-order valence-corrected chi connectivity index (χ2v) is 6.54. The van der Waals surface area contributed by atoms with E-state index >= 15 is 0 Å². The number of ketones is 1. The molecule has 10 nitrogen and oxygen atoms in total. The Labute approximate surface area is 218 Å². The summed E-state index contributed by atoms with van der Waals surface area (Å²) in [4.78, 5) is 38.2. The van der Waals surface area contributed by atoms with Crippen molar-refractivity contribution in [3.8, 4) is 0 Å². The fourth-order valence-electron chi connectivity index (χ4n) is 3.10. The Kier molecular flexibility index (Phi) is 10.2. The summed E-state index contributed by atoms with van der Waals surface area (Å²) in [5, 5.41) is 12.1. The molecule has 0 aliphatic heterocycles. The number of Topliss-reactive ketones (excluding diaryl/α,β-unsaturated/α-hetero) is 1. The molecule has 1 radical (unpaired) electrons. The van der Waals surface area contributed by atoms with Crippen LogP contribution in [0.4, 0.5) is 11.4 Å². The maximum atomic E-state index is 11.4. The molecule has 8 N–H and O–H groups in total. The van der Waals surface area contributed by atoms with E-state index in [9.17, 15) is 19.7 Å². The van der Waals surface area contributed by atoms with Crippen LogP contribution in [-0.4, -0.2) is 33.1 Å². The minimum atomic E-state index is -1.10. The van der Waals surface area contributed by atoms with Gasteiger partial charge in [-0.2, -0.15) is 0 Å². The number of nitro groups is 1. The first-order chi connectivity index (χ1) is 14.3. The number of hydrogen-bond donors (Lipinski definition) is 5. The minimum Gasteiger partial charge on any atom is -0.399 e. The van der Waals surface area contributed by atoms with Gasteiger partial charge in [0.15, 0.2) is 0 Å². The molecule has 32 heavy (non-hydrogen) atoms. The van der Waals surface area contributed by atoms with E-state index in [2.05, 4.69) is 9.97 Å². The first kappa shape index (κ1) is 27.5. The summed E-state index contributed by atoms with van der Waals surface area (Å²) in [5.74, 6) is -1.98. The molecular weight excluding hydrogens is 677 g/mol. The van der Waals surface area contributed by atoms with Gasteiger partial charge in [-0.15, -0.1) is 0 Å². The van der Waals surface area contributed by atoms with Gasteiger partial charge < -0.3 is 27.2 Å². The van der Waals surface area contributed by atoms with Gasteiger partial charge in [-0.05, 0) is 42.8 Å². The van der Waals surface area contributed by atoms with Crippen LogP contribution in [0.5, 0.6) is 0 Å². The van der Waals surface area contributed by atoms with Crippen LogP contribution in [0, 0.1) is 41.2 Å². The normalized spacial score (nSPS) is 9.91. The molecule has 0 bridgehead atoms. The molecule has 0 unspecified atom stereocenters. The molecule has 4 rings (SSSR count). The van der Waals surface area contributed by atoms with Gasteiger partial charge in [-0.1, -0.05) is 0 Å². The Balaban J connectivity index is 0.000000310. The van der Waals surface area contributed by atoms with E-state index in [0.717, 1.165) is 17.6 Å². The van der Waals surface area contributed by atoms with Gasteiger partial charge in [0.1, 0.15) is 0 Å². The molecule has 0 saturated carbocycles. The van der Waals surface area contributed by atoms with Gasteiger partial charge in [0, 0.05) is 102 Å². The summed E-state index contributed by atoms with van der Waals surface area (Å²) in [6.45, 7) is 0.668. The number of aromatic nitrogens is 2. The molecule has 0 aliphatic carbocycles. The number of amides is 1. The topological polar surface area (TPSA) is 187 Å². The molecule has 1 amide bonds. The number of rotatable bonds is 5. The third-order valence-electron chi connectivity index (χ3n) is 4.55. The number of anilines is 1. The summed E-state index contributed by atoms with van der Waals surface area (Å²) in [5.41, 5.74) is 19.7. The van der Waals surface area contributed by atoms with Gasteiger partial charge in [-0.25, -0.2) is 0 Å². The van der Waals surface area contributed by atoms with E-state index in [1.165, 1.54) is 35.3 Å². The average molecular weight is 697 g/mol. The average Bonchev–Trinajstić information content (AvgIpc) is 3.31. The Bertz CT molecular complexity index is 1270. The standard InChI is InChI=1S/C10H7N3O4.C10H13N3.U.V/c11-10(15)9(14)7-4-12-8-2-1-5(13(16)17)3-6(7)8;11-4-3-7-6-13-10-2-1-8(12)5-9(7)10;;/h1-4,12H,(H2,11,15);1-2,5-6,13H,3-4,11-12H2;;. The van der Waals surface area contributed by atoms with Crippen LogP contribution in [0.1, 0.15) is 15.9 Å². The van der Waals surface area contributed by atoms with E-state index in [1.54, 1.807) is 0 Å². The predicted molar refractivity (Wildman–Crippen MR) is 114 cm³/mol. The molecule has 0 atom stereocenters. The van der Waals surface area contributed by atoms with Crippen LogP contribution in [0.3, 0.4) is 0 Å². The summed E-state index contributed by atoms with van der Waals surface area (Å²) in [6.07, 6.45) is 4.20. The van der Waals surface area contributed by atoms with Crippen molar-refractivity contribution in [2.24, 2.45) is 11.5 Å². The maximum Gasteiger partial charge on any atom is 0.289 e. The Hall–Kier alpha value is -2.54. The van der Waals surface area contributed by atoms with Crippen LogP contribution in [0.2, 0.25) is 0 Å². The zero-order valence-corrected chi connectivity index (χ0v) is 22.4. The zero-order chi connectivity index (χ0) is 21.8. The molecule has 0 aliphatic rings. The van der Waals surface area contributed by atoms with E-state index in [-0.39, 0.29) is 60.9 Å². The van der Waals surface area contributed by atoms with E-state index in [1.807, 2.05) is 24.4 Å². The fraction of sp³-hybridized carbons (Fsp3) is 0.100. The van der Waals surface area contributed by atoms with Crippen LogP contribution in [0.25, 0.3) is 21.8 Å². The Morgan fingerprint density at radius 1 is 1.00 bits per heavy atom. The smallest absolute Gasteiger partial charge is 0.289 e. The van der Waals surface area contributed by atoms with Crippen molar-refractivity contribution < 1.29 is 64.2 Å². The van der Waals surface area contributed by atoms with Crippen LogP contribution < -0.4 is 17.2 Å². The second-order valence-electron chi connectivity index (χ2n) is 6.54. The number of benzene rings is 2. The minimum absolute atomic E-state index is 0. The number of carbonyl (C=O) groups is 2. The molecule has 163 valence electrons. The Morgan fingerprint density at radius 2 is 1.62 bits per heavy atom. The van der Waals surface area contributed by atoms with Gasteiger partial charge in [0.2, 0.25) is 0 Å². The number of nitro benzene ring substituents is 1. The number of fused-ring (bicyclic) bond motifs is 2. The Morgan fingerprint density at radius 3 is 2.25 bits per heavy atom. The van der Waals surface area contributed by atoms with E-state index < -0.39 is 16.6 Å². The van der Waals surface area contributed by atoms with Crippen molar-refractivity contribution in [1.82, 2.24) is 9.97 Å². The van der Waals surface area contributed by atoms with E-state index in [0.29, 0.717) is 17.4 Å². The first-order valence-electron chi connectivity index (χ1n) is 8.97. The molecule has 0 fully saturated rings. The van der Waals surface area contributed by atoms with Gasteiger partial charge in [0.05, 0.1) is 10.5 Å². The van der Waals surface area contributed by atoms with Crippen molar-refractivity contribution in [1.29, 1.82) is 0 Å². The fourth-order valence-corrected chi connectivity index (χ4v) is 3.10. The molecule has 2 aromatic heterocycles. The number of nitrogen functional groups attached to an aromatic ring is 1. The second kappa shape index (κ2) is 11.9. The van der Waals surface area contributed by atoms with Gasteiger partial charge in [0.25, 0.3) is 17.4 Å². The third kappa shape index (κ3) is 6.03. The quantitative estimate of drug-likeness (QED) is 0.0698. The van der Waals surface area contributed by atoms with Crippen LogP contribution in [-0.2, 0) is 29.8 Å². The number of H-pyrrole nitrogens is 2. The number of aromatic amines is 2. The largest absolute Gasteiger partial charge is 0.399 e. The molecule has 2 heterocycles. The number of hydrogen-bond acceptors (Lipinski definition) is 6. The first-order valence-corrected chi connectivity index (χ1v) is 8.97. The molecule has 2 aromatic carbocycles. The number of non-ortho nitro benzene ring substituents is 1. The summed E-state index contributed by atoms with van der Waals surface area (Å²) < 4.78 is 0. The molecular formula is C20H20N6O4UV.